The molecule has 0 saturated carbocycles. The summed E-state index contributed by atoms with van der Waals surface area (Å²) in [5, 5.41) is 14.2. The van der Waals surface area contributed by atoms with Crippen LogP contribution in [0.2, 0.25) is 0 Å². The predicted molar refractivity (Wildman–Crippen MR) is 79.5 cm³/mol. The van der Waals surface area contributed by atoms with Crippen LogP contribution < -0.4 is 5.32 Å². The van der Waals surface area contributed by atoms with Crippen molar-refractivity contribution in [3.8, 4) is 5.75 Å². The molecule has 0 aliphatic rings. The Morgan fingerprint density at radius 1 is 1.35 bits per heavy atom. The van der Waals surface area contributed by atoms with Crippen LogP contribution in [0.5, 0.6) is 5.75 Å². The molecule has 0 amide bonds. The maximum atomic E-state index is 13.3. The Labute approximate surface area is 122 Å². The quantitative estimate of drug-likeness (QED) is 0.877. The standard InChI is InChI=1S/C15H19FN2OS/c1-4-12-8-17-15(20-12)10(3)18-9(2)13-7-11(16)5-6-14(13)19/h5-10,18-19H,4H2,1-3H3. The molecule has 2 aromatic rings. The van der Waals surface area contributed by atoms with Crippen LogP contribution in [0.4, 0.5) is 4.39 Å². The van der Waals surface area contributed by atoms with Crippen molar-refractivity contribution in [1.29, 1.82) is 0 Å². The molecule has 1 heterocycles. The maximum Gasteiger partial charge on any atom is 0.123 e. The van der Waals surface area contributed by atoms with Crippen LogP contribution in [0, 0.1) is 5.82 Å². The largest absolute Gasteiger partial charge is 0.508 e. The second kappa shape index (κ2) is 6.33. The molecule has 2 unspecified atom stereocenters. The fourth-order valence-corrected chi connectivity index (χ4v) is 2.96. The fourth-order valence-electron chi connectivity index (χ4n) is 2.09. The topological polar surface area (TPSA) is 45.2 Å². The summed E-state index contributed by atoms with van der Waals surface area (Å²) in [4.78, 5) is 5.64. The smallest absolute Gasteiger partial charge is 0.123 e. The number of thiazole rings is 1. The van der Waals surface area contributed by atoms with Crippen molar-refractivity contribution >= 4 is 11.3 Å². The van der Waals surface area contributed by atoms with E-state index in [1.54, 1.807) is 11.3 Å². The first-order chi connectivity index (χ1) is 9.51. The van der Waals surface area contributed by atoms with E-state index in [9.17, 15) is 9.50 Å². The molecule has 2 N–H and O–H groups in total. The number of aromatic hydroxyl groups is 1. The summed E-state index contributed by atoms with van der Waals surface area (Å²) >= 11 is 1.68. The van der Waals surface area contributed by atoms with Gasteiger partial charge in [0.15, 0.2) is 0 Å². The summed E-state index contributed by atoms with van der Waals surface area (Å²) in [5.41, 5.74) is 0.559. The minimum atomic E-state index is -0.346. The first-order valence-corrected chi connectivity index (χ1v) is 7.52. The highest BCUT2D eigenvalue weighted by Gasteiger charge is 2.17. The number of rotatable bonds is 5. The first kappa shape index (κ1) is 14.9. The van der Waals surface area contributed by atoms with Crippen LogP contribution in [-0.4, -0.2) is 10.1 Å². The highest BCUT2D eigenvalue weighted by atomic mass is 32.1. The molecule has 3 nitrogen and oxygen atoms in total. The van der Waals surface area contributed by atoms with Gasteiger partial charge in [-0.15, -0.1) is 11.3 Å². The van der Waals surface area contributed by atoms with Crippen molar-refractivity contribution < 1.29 is 9.50 Å². The number of phenols is 1. The van der Waals surface area contributed by atoms with Crippen molar-refractivity contribution in [2.75, 3.05) is 0 Å². The lowest BCUT2D eigenvalue weighted by atomic mass is 10.1. The second-order valence-corrected chi connectivity index (χ2v) is 5.98. The van der Waals surface area contributed by atoms with E-state index in [1.165, 1.54) is 23.1 Å². The van der Waals surface area contributed by atoms with E-state index in [0.29, 0.717) is 5.56 Å². The Hall–Kier alpha value is -1.46. The van der Waals surface area contributed by atoms with Crippen LogP contribution in [0.3, 0.4) is 0 Å². The van der Waals surface area contributed by atoms with E-state index in [2.05, 4.69) is 17.2 Å². The number of nitrogens with zero attached hydrogens (tertiary/aromatic N) is 1. The second-order valence-electron chi connectivity index (χ2n) is 4.83. The third-order valence-corrected chi connectivity index (χ3v) is 4.57. The summed E-state index contributed by atoms with van der Waals surface area (Å²) in [5.74, 6) is -0.242. The van der Waals surface area contributed by atoms with Crippen molar-refractivity contribution in [2.45, 2.75) is 39.3 Å². The number of halogens is 1. The summed E-state index contributed by atoms with van der Waals surface area (Å²) in [6, 6.07) is 3.89. The minimum Gasteiger partial charge on any atom is -0.508 e. The molecule has 0 bridgehead atoms. The molecule has 20 heavy (non-hydrogen) atoms. The average Bonchev–Trinajstić information content (AvgIpc) is 2.90. The maximum absolute atomic E-state index is 13.3. The summed E-state index contributed by atoms with van der Waals surface area (Å²) in [6.45, 7) is 6.02. The van der Waals surface area contributed by atoms with E-state index in [1.807, 2.05) is 20.0 Å². The molecule has 108 valence electrons. The molecule has 1 aromatic carbocycles. The number of benzene rings is 1. The lowest BCUT2D eigenvalue weighted by Crippen LogP contribution is -2.22. The molecule has 0 saturated heterocycles. The summed E-state index contributed by atoms with van der Waals surface area (Å²) in [7, 11) is 0. The van der Waals surface area contributed by atoms with Gasteiger partial charge in [0.25, 0.3) is 0 Å². The van der Waals surface area contributed by atoms with Gasteiger partial charge in [0.1, 0.15) is 16.6 Å². The zero-order chi connectivity index (χ0) is 14.7. The number of hydrogen-bond donors (Lipinski definition) is 2. The number of aryl methyl sites for hydroxylation is 1. The number of nitrogens with one attached hydrogen (secondary N) is 1. The Balaban J connectivity index is 2.10. The van der Waals surface area contributed by atoms with Gasteiger partial charge < -0.3 is 10.4 Å². The van der Waals surface area contributed by atoms with Gasteiger partial charge in [-0.25, -0.2) is 9.37 Å². The zero-order valence-electron chi connectivity index (χ0n) is 11.9. The third kappa shape index (κ3) is 3.35. The van der Waals surface area contributed by atoms with E-state index >= 15 is 0 Å². The summed E-state index contributed by atoms with van der Waals surface area (Å²) in [6.07, 6.45) is 2.87. The molecular formula is C15H19FN2OS. The predicted octanol–water partition coefficient (Wildman–Crippen LogP) is 3.96. The number of hydrogen-bond acceptors (Lipinski definition) is 4. The molecule has 0 radical (unpaired) electrons. The Kier molecular flexibility index (Phi) is 4.73. The normalized spacial score (nSPS) is 14.2. The lowest BCUT2D eigenvalue weighted by molar-refractivity contribution is 0.435. The Morgan fingerprint density at radius 3 is 2.75 bits per heavy atom. The highest BCUT2D eigenvalue weighted by Crippen LogP contribution is 2.28. The Morgan fingerprint density at radius 2 is 2.10 bits per heavy atom. The molecular weight excluding hydrogens is 275 g/mol. The molecule has 2 rings (SSSR count). The van der Waals surface area contributed by atoms with Crippen molar-refractivity contribution in [3.63, 3.8) is 0 Å². The van der Waals surface area contributed by atoms with Gasteiger partial charge >= 0.3 is 0 Å². The van der Waals surface area contributed by atoms with Crippen LogP contribution in [-0.2, 0) is 6.42 Å². The summed E-state index contributed by atoms with van der Waals surface area (Å²) < 4.78 is 13.3. The highest BCUT2D eigenvalue weighted by molar-refractivity contribution is 7.11. The van der Waals surface area contributed by atoms with Crippen molar-refractivity contribution in [3.05, 3.63) is 45.7 Å². The third-order valence-electron chi connectivity index (χ3n) is 3.25. The van der Waals surface area contributed by atoms with Crippen molar-refractivity contribution in [1.82, 2.24) is 10.3 Å². The average molecular weight is 294 g/mol. The number of aromatic nitrogens is 1. The molecule has 5 heteroatoms. The molecule has 0 spiro atoms. The van der Waals surface area contributed by atoms with Gasteiger partial charge in [0, 0.05) is 22.7 Å². The van der Waals surface area contributed by atoms with E-state index in [-0.39, 0.29) is 23.7 Å². The molecule has 0 aliphatic heterocycles. The van der Waals surface area contributed by atoms with Crippen LogP contribution in [0.25, 0.3) is 0 Å². The molecule has 2 atom stereocenters. The lowest BCUT2D eigenvalue weighted by Gasteiger charge is -2.19. The van der Waals surface area contributed by atoms with E-state index in [0.717, 1.165) is 11.4 Å². The van der Waals surface area contributed by atoms with Crippen LogP contribution in [0.15, 0.2) is 24.4 Å². The molecule has 1 aromatic heterocycles. The molecule has 0 fully saturated rings. The van der Waals surface area contributed by atoms with E-state index < -0.39 is 0 Å². The first-order valence-electron chi connectivity index (χ1n) is 6.70. The van der Waals surface area contributed by atoms with Gasteiger partial charge in [0.05, 0.1) is 6.04 Å². The SMILES string of the molecule is CCc1cnc(C(C)NC(C)c2cc(F)ccc2O)s1. The van der Waals surface area contributed by atoms with Gasteiger partial charge in [-0.3, -0.25) is 0 Å². The van der Waals surface area contributed by atoms with Crippen molar-refractivity contribution in [2.24, 2.45) is 0 Å². The zero-order valence-corrected chi connectivity index (χ0v) is 12.7. The van der Waals surface area contributed by atoms with Crippen LogP contribution in [0.1, 0.15) is 48.3 Å². The van der Waals surface area contributed by atoms with Gasteiger partial charge in [-0.2, -0.15) is 0 Å². The Bertz CT molecular complexity index is 585. The van der Waals surface area contributed by atoms with Gasteiger partial charge in [0.2, 0.25) is 0 Å². The monoisotopic (exact) mass is 294 g/mol. The minimum absolute atomic E-state index is 0.0537. The van der Waals surface area contributed by atoms with Crippen LogP contribution >= 0.6 is 11.3 Å². The fraction of sp³-hybridized carbons (Fsp3) is 0.400. The number of phenolic OH excluding ortho intramolecular Hbond substituents is 1. The van der Waals surface area contributed by atoms with Gasteiger partial charge in [-0.05, 0) is 38.5 Å². The molecule has 0 aliphatic carbocycles. The van der Waals surface area contributed by atoms with Gasteiger partial charge in [-0.1, -0.05) is 6.92 Å². The van der Waals surface area contributed by atoms with E-state index in [4.69, 9.17) is 0 Å².